The van der Waals surface area contributed by atoms with E-state index in [1.54, 1.807) is 0 Å². The van der Waals surface area contributed by atoms with Gasteiger partial charge in [0.2, 0.25) is 5.91 Å². The lowest BCUT2D eigenvalue weighted by atomic mass is 10.1. The third-order valence-corrected chi connectivity index (χ3v) is 3.88. The van der Waals surface area contributed by atoms with Crippen molar-refractivity contribution in [2.75, 3.05) is 24.5 Å². The number of hydrogen-bond donors (Lipinski definition) is 4. The molecular formula is C15H21N5O4. The first-order valence-corrected chi connectivity index (χ1v) is 7.51. The van der Waals surface area contributed by atoms with Gasteiger partial charge in [-0.05, 0) is 12.1 Å². The van der Waals surface area contributed by atoms with E-state index in [0.29, 0.717) is 13.1 Å². The summed E-state index contributed by atoms with van der Waals surface area (Å²) in [6.45, 7) is 1.11. The number of primary amides is 2. The number of rotatable bonds is 6. The smallest absolute Gasteiger partial charge is 0.321 e. The zero-order valence-corrected chi connectivity index (χ0v) is 13.1. The van der Waals surface area contributed by atoms with Gasteiger partial charge in [0.05, 0.1) is 19.1 Å². The molecular weight excluding hydrogens is 314 g/mol. The molecule has 2 atom stereocenters. The number of amides is 3. The second kappa shape index (κ2) is 7.64. The minimum atomic E-state index is -1.18. The van der Waals surface area contributed by atoms with Crippen LogP contribution in [-0.2, 0) is 9.59 Å². The standard InChI is InChI=1S/C15H21N5O4/c16-12(21)8-11(14(22)23)18-13-9-19(15(17)24)6-7-20(13)10-4-2-1-3-5-10/h1-5,11,13,18H,6-9H2,(H2,16,21)(H2,17,24)(H,22,23)/t11-,13?/m0/s1. The van der Waals surface area contributed by atoms with Crippen molar-refractivity contribution in [2.45, 2.75) is 18.6 Å². The molecule has 130 valence electrons. The molecule has 1 aromatic carbocycles. The Kier molecular flexibility index (Phi) is 5.59. The molecule has 1 aromatic rings. The number of carboxylic acid groups (broad SMARTS) is 1. The van der Waals surface area contributed by atoms with Crippen LogP contribution in [0.1, 0.15) is 6.42 Å². The van der Waals surface area contributed by atoms with Crippen LogP contribution in [0.25, 0.3) is 0 Å². The predicted octanol–water partition coefficient (Wildman–Crippen LogP) is -0.868. The van der Waals surface area contributed by atoms with Crippen molar-refractivity contribution in [1.82, 2.24) is 10.2 Å². The van der Waals surface area contributed by atoms with Crippen LogP contribution in [-0.4, -0.2) is 59.8 Å². The maximum atomic E-state index is 11.5. The summed E-state index contributed by atoms with van der Waals surface area (Å²) in [5, 5.41) is 12.2. The van der Waals surface area contributed by atoms with Crippen molar-refractivity contribution < 1.29 is 19.5 Å². The molecule has 1 fully saturated rings. The number of hydrogen-bond acceptors (Lipinski definition) is 5. The quantitative estimate of drug-likeness (QED) is 0.532. The van der Waals surface area contributed by atoms with Crippen molar-refractivity contribution in [3.63, 3.8) is 0 Å². The summed E-state index contributed by atoms with van der Waals surface area (Å²) in [5.41, 5.74) is 11.3. The fourth-order valence-corrected chi connectivity index (χ4v) is 2.71. The molecule has 0 spiro atoms. The number of aliphatic carboxylic acids is 1. The van der Waals surface area contributed by atoms with Gasteiger partial charge >= 0.3 is 12.0 Å². The third-order valence-electron chi connectivity index (χ3n) is 3.88. The van der Waals surface area contributed by atoms with Crippen LogP contribution in [0.15, 0.2) is 30.3 Å². The van der Waals surface area contributed by atoms with Crippen LogP contribution < -0.4 is 21.7 Å². The molecule has 24 heavy (non-hydrogen) atoms. The minimum absolute atomic E-state index is 0.201. The first kappa shape index (κ1) is 17.5. The highest BCUT2D eigenvalue weighted by molar-refractivity contribution is 5.83. The fraction of sp³-hybridized carbons (Fsp3) is 0.400. The normalized spacial score (nSPS) is 18.9. The van der Waals surface area contributed by atoms with Gasteiger partial charge in [-0.15, -0.1) is 0 Å². The fourth-order valence-electron chi connectivity index (χ4n) is 2.71. The van der Waals surface area contributed by atoms with Gasteiger partial charge in [0.25, 0.3) is 0 Å². The molecule has 1 saturated heterocycles. The molecule has 1 unspecified atom stereocenters. The van der Waals surface area contributed by atoms with Crippen LogP contribution in [0.3, 0.4) is 0 Å². The molecule has 0 saturated carbocycles. The number of nitrogens with two attached hydrogens (primary N) is 2. The van der Waals surface area contributed by atoms with Crippen LogP contribution >= 0.6 is 0 Å². The summed E-state index contributed by atoms with van der Waals surface area (Å²) < 4.78 is 0. The van der Waals surface area contributed by atoms with Crippen molar-refractivity contribution in [2.24, 2.45) is 11.5 Å². The number of piperazine rings is 1. The van der Waals surface area contributed by atoms with E-state index in [-0.39, 0.29) is 13.0 Å². The lowest BCUT2D eigenvalue weighted by Crippen LogP contribution is -2.64. The molecule has 0 bridgehead atoms. The number of nitrogens with zero attached hydrogens (tertiary/aromatic N) is 2. The third kappa shape index (κ3) is 4.35. The van der Waals surface area contributed by atoms with Gasteiger partial charge < -0.3 is 26.4 Å². The molecule has 2 rings (SSSR count). The van der Waals surface area contributed by atoms with Gasteiger partial charge in [-0.2, -0.15) is 0 Å². The Bertz CT molecular complexity index is 609. The number of carbonyl (C=O) groups excluding carboxylic acids is 2. The maximum Gasteiger partial charge on any atom is 0.321 e. The zero-order chi connectivity index (χ0) is 17.7. The predicted molar refractivity (Wildman–Crippen MR) is 87.1 cm³/mol. The van der Waals surface area contributed by atoms with E-state index < -0.39 is 30.1 Å². The van der Waals surface area contributed by atoms with Crippen molar-refractivity contribution in [3.8, 4) is 0 Å². The molecule has 1 aliphatic heterocycles. The lowest BCUT2D eigenvalue weighted by molar-refractivity contribution is -0.141. The Balaban J connectivity index is 2.21. The molecule has 3 amide bonds. The number of nitrogens with one attached hydrogen (secondary N) is 1. The van der Waals surface area contributed by atoms with Gasteiger partial charge in [0, 0.05) is 18.8 Å². The van der Waals surface area contributed by atoms with Gasteiger partial charge in [-0.3, -0.25) is 14.9 Å². The zero-order valence-electron chi connectivity index (χ0n) is 13.1. The van der Waals surface area contributed by atoms with Crippen LogP contribution in [0.4, 0.5) is 10.5 Å². The SMILES string of the molecule is NC(=O)C[C@H](NC1CN(C(N)=O)CCN1c1ccccc1)C(=O)O. The van der Waals surface area contributed by atoms with Crippen molar-refractivity contribution >= 4 is 23.6 Å². The average molecular weight is 335 g/mol. The second-order valence-electron chi connectivity index (χ2n) is 5.56. The van der Waals surface area contributed by atoms with Crippen LogP contribution in [0, 0.1) is 0 Å². The van der Waals surface area contributed by atoms with E-state index in [2.05, 4.69) is 5.32 Å². The Morgan fingerprint density at radius 1 is 1.21 bits per heavy atom. The molecule has 0 aromatic heterocycles. The number of para-hydroxylation sites is 1. The maximum absolute atomic E-state index is 11.5. The van der Waals surface area contributed by atoms with E-state index >= 15 is 0 Å². The first-order valence-electron chi connectivity index (χ1n) is 7.51. The number of carboxylic acids is 1. The Morgan fingerprint density at radius 3 is 2.42 bits per heavy atom. The minimum Gasteiger partial charge on any atom is -0.480 e. The van der Waals surface area contributed by atoms with E-state index in [4.69, 9.17) is 11.5 Å². The largest absolute Gasteiger partial charge is 0.480 e. The van der Waals surface area contributed by atoms with Gasteiger partial charge in [-0.25, -0.2) is 4.79 Å². The van der Waals surface area contributed by atoms with E-state index in [0.717, 1.165) is 5.69 Å². The second-order valence-corrected chi connectivity index (χ2v) is 5.56. The molecule has 9 nitrogen and oxygen atoms in total. The lowest BCUT2D eigenvalue weighted by Gasteiger charge is -2.43. The number of carbonyl (C=O) groups is 3. The van der Waals surface area contributed by atoms with Crippen LogP contribution in [0.5, 0.6) is 0 Å². The number of benzene rings is 1. The molecule has 0 aliphatic carbocycles. The highest BCUT2D eigenvalue weighted by Crippen LogP contribution is 2.19. The molecule has 9 heteroatoms. The summed E-state index contributed by atoms with van der Waals surface area (Å²) >= 11 is 0. The van der Waals surface area contributed by atoms with Crippen molar-refractivity contribution in [1.29, 1.82) is 0 Å². The summed E-state index contributed by atoms with van der Waals surface area (Å²) in [7, 11) is 0. The average Bonchev–Trinajstić information content (AvgIpc) is 2.54. The number of anilines is 1. The summed E-state index contributed by atoms with van der Waals surface area (Å²) in [6.07, 6.45) is -0.848. The monoisotopic (exact) mass is 335 g/mol. The van der Waals surface area contributed by atoms with Gasteiger partial charge in [0.15, 0.2) is 0 Å². The summed E-state index contributed by atoms with van der Waals surface area (Å²) in [4.78, 5) is 37.3. The first-order chi connectivity index (χ1) is 11.4. The van der Waals surface area contributed by atoms with Gasteiger partial charge in [0.1, 0.15) is 6.04 Å². The molecule has 0 radical (unpaired) electrons. The van der Waals surface area contributed by atoms with Crippen LogP contribution in [0.2, 0.25) is 0 Å². The molecule has 1 heterocycles. The van der Waals surface area contributed by atoms with Crippen molar-refractivity contribution in [3.05, 3.63) is 30.3 Å². The topological polar surface area (TPSA) is 142 Å². The Labute approximate surface area is 139 Å². The molecule has 6 N–H and O–H groups in total. The summed E-state index contributed by atoms with van der Waals surface area (Å²) in [5.74, 6) is -1.90. The Morgan fingerprint density at radius 2 is 1.88 bits per heavy atom. The van der Waals surface area contributed by atoms with E-state index in [1.807, 2.05) is 35.2 Å². The summed E-state index contributed by atoms with van der Waals surface area (Å²) in [6, 6.07) is 7.66. The molecule has 1 aliphatic rings. The van der Waals surface area contributed by atoms with E-state index in [1.165, 1.54) is 4.90 Å². The Hall–Kier alpha value is -2.81. The highest BCUT2D eigenvalue weighted by atomic mass is 16.4. The number of urea groups is 1. The van der Waals surface area contributed by atoms with E-state index in [9.17, 15) is 19.5 Å². The van der Waals surface area contributed by atoms with Gasteiger partial charge in [-0.1, -0.05) is 18.2 Å². The highest BCUT2D eigenvalue weighted by Gasteiger charge is 2.32.